The Morgan fingerprint density at radius 3 is 2.81 bits per heavy atom. The van der Waals surface area contributed by atoms with Crippen molar-refractivity contribution in [1.29, 1.82) is 0 Å². The molecule has 0 aliphatic heterocycles. The maximum atomic E-state index is 10.8. The van der Waals surface area contributed by atoms with Crippen LogP contribution in [-0.4, -0.2) is 12.2 Å². The lowest BCUT2D eigenvalue weighted by molar-refractivity contribution is 0.218. The van der Waals surface area contributed by atoms with Crippen LogP contribution in [-0.2, 0) is 12.8 Å². The first-order valence-electron chi connectivity index (χ1n) is 7.32. The predicted molar refractivity (Wildman–Crippen MR) is 90.3 cm³/mol. The van der Waals surface area contributed by atoms with Gasteiger partial charge in [0.25, 0.3) is 0 Å². The average molecular weight is 367 g/mol. The summed E-state index contributed by atoms with van der Waals surface area (Å²) in [5.41, 5.74) is 2.25. The van der Waals surface area contributed by atoms with Crippen LogP contribution < -0.4 is 4.74 Å². The highest BCUT2D eigenvalue weighted by Gasteiger charge is 2.21. The van der Waals surface area contributed by atoms with Gasteiger partial charge < -0.3 is 9.84 Å². The third-order valence-electron chi connectivity index (χ3n) is 4.02. The first-order chi connectivity index (χ1) is 10.2. The van der Waals surface area contributed by atoms with E-state index in [9.17, 15) is 5.11 Å². The molecule has 4 heteroatoms. The number of methoxy groups -OCH3 is 1. The van der Waals surface area contributed by atoms with Gasteiger partial charge in [0.2, 0.25) is 0 Å². The maximum absolute atomic E-state index is 10.8. The quantitative estimate of drug-likeness (QED) is 0.785. The molecule has 1 N–H and O–H groups in total. The molecule has 0 bridgehead atoms. The summed E-state index contributed by atoms with van der Waals surface area (Å²) >= 11 is 5.23. The molecule has 1 aliphatic rings. The lowest BCUT2D eigenvalue weighted by atomic mass is 10.0. The van der Waals surface area contributed by atoms with E-state index in [-0.39, 0.29) is 0 Å². The van der Waals surface area contributed by atoms with E-state index in [0.29, 0.717) is 0 Å². The molecule has 1 atom stereocenters. The Labute approximate surface area is 137 Å². The van der Waals surface area contributed by atoms with E-state index >= 15 is 0 Å². The number of ether oxygens (including phenoxy) is 1. The van der Waals surface area contributed by atoms with Crippen molar-refractivity contribution in [3.63, 3.8) is 0 Å². The molecular weight excluding hydrogens is 348 g/mol. The number of hydrogen-bond acceptors (Lipinski definition) is 3. The zero-order valence-electron chi connectivity index (χ0n) is 12.1. The minimum Gasteiger partial charge on any atom is -0.496 e. The van der Waals surface area contributed by atoms with Crippen LogP contribution in [0.5, 0.6) is 5.75 Å². The second-order valence-corrected chi connectivity index (χ2v) is 7.53. The Bertz CT molecular complexity index is 612. The summed E-state index contributed by atoms with van der Waals surface area (Å²) in [5.74, 6) is 0.731. The number of hydrogen-bond donors (Lipinski definition) is 1. The summed E-state index contributed by atoms with van der Waals surface area (Å²) in [4.78, 5) is 2.48. The minimum atomic E-state index is -0.616. The summed E-state index contributed by atoms with van der Waals surface area (Å²) in [6.45, 7) is 0. The van der Waals surface area contributed by atoms with Gasteiger partial charge in [0.15, 0.2) is 0 Å². The highest BCUT2D eigenvalue weighted by molar-refractivity contribution is 9.10. The highest BCUT2D eigenvalue weighted by Crippen LogP contribution is 2.38. The lowest BCUT2D eigenvalue weighted by Crippen LogP contribution is -2.00. The van der Waals surface area contributed by atoms with E-state index in [0.717, 1.165) is 33.5 Å². The van der Waals surface area contributed by atoms with Crippen LogP contribution in [0.2, 0.25) is 0 Å². The molecule has 0 fully saturated rings. The van der Waals surface area contributed by atoms with Crippen LogP contribution in [0.15, 0.2) is 28.7 Å². The second-order valence-electron chi connectivity index (χ2n) is 5.45. The molecule has 0 saturated carbocycles. The third-order valence-corrected chi connectivity index (χ3v) is 5.80. The number of thiophene rings is 1. The van der Waals surface area contributed by atoms with Crippen LogP contribution in [0, 0.1) is 0 Å². The first-order valence-corrected chi connectivity index (χ1v) is 8.93. The topological polar surface area (TPSA) is 29.5 Å². The molecule has 3 rings (SSSR count). The highest BCUT2D eigenvalue weighted by atomic mass is 79.9. The van der Waals surface area contributed by atoms with Crippen molar-refractivity contribution in [2.24, 2.45) is 0 Å². The van der Waals surface area contributed by atoms with Gasteiger partial charge in [-0.05, 0) is 55.5 Å². The number of halogens is 1. The number of benzene rings is 1. The summed E-state index contributed by atoms with van der Waals surface area (Å²) in [7, 11) is 1.64. The smallest absolute Gasteiger partial charge is 0.125 e. The van der Waals surface area contributed by atoms with E-state index in [1.807, 2.05) is 18.2 Å². The maximum Gasteiger partial charge on any atom is 0.125 e. The molecule has 1 aromatic heterocycles. The fourth-order valence-electron chi connectivity index (χ4n) is 2.90. The van der Waals surface area contributed by atoms with Crippen molar-refractivity contribution in [3.8, 4) is 5.75 Å². The Morgan fingerprint density at radius 1 is 1.19 bits per heavy atom. The molecule has 112 valence electrons. The zero-order valence-corrected chi connectivity index (χ0v) is 14.5. The van der Waals surface area contributed by atoms with Gasteiger partial charge in [-0.3, -0.25) is 0 Å². The third kappa shape index (κ3) is 3.17. The van der Waals surface area contributed by atoms with Crippen molar-refractivity contribution < 1.29 is 9.84 Å². The van der Waals surface area contributed by atoms with Crippen molar-refractivity contribution in [2.45, 2.75) is 38.2 Å². The van der Waals surface area contributed by atoms with E-state index < -0.39 is 6.10 Å². The van der Waals surface area contributed by atoms with Crippen molar-refractivity contribution in [3.05, 3.63) is 49.6 Å². The van der Waals surface area contributed by atoms with E-state index in [2.05, 4.69) is 22.0 Å². The SMILES string of the molecule is COc1ccc(Br)cc1C(O)c1cc2c(s1)CCCCC2. The van der Waals surface area contributed by atoms with Crippen molar-refractivity contribution >= 4 is 27.3 Å². The molecule has 1 unspecified atom stereocenters. The van der Waals surface area contributed by atoms with Gasteiger partial charge in [0.1, 0.15) is 11.9 Å². The van der Waals surface area contributed by atoms with Gasteiger partial charge in [0, 0.05) is 19.8 Å². The summed E-state index contributed by atoms with van der Waals surface area (Å²) < 4.78 is 6.34. The van der Waals surface area contributed by atoms with Gasteiger partial charge in [-0.25, -0.2) is 0 Å². The summed E-state index contributed by atoms with van der Waals surface area (Å²) in [6, 6.07) is 7.95. The monoisotopic (exact) mass is 366 g/mol. The van der Waals surface area contributed by atoms with Gasteiger partial charge in [-0.15, -0.1) is 11.3 Å². The fraction of sp³-hybridized carbons (Fsp3) is 0.412. The molecule has 2 aromatic rings. The molecule has 1 heterocycles. The Kier molecular flexibility index (Phi) is 4.67. The van der Waals surface area contributed by atoms with Gasteiger partial charge in [-0.1, -0.05) is 22.4 Å². The van der Waals surface area contributed by atoms with Gasteiger partial charge in [0.05, 0.1) is 7.11 Å². The molecule has 21 heavy (non-hydrogen) atoms. The zero-order chi connectivity index (χ0) is 14.8. The number of aliphatic hydroxyl groups excluding tert-OH is 1. The molecule has 2 nitrogen and oxygen atoms in total. The minimum absolute atomic E-state index is 0.616. The molecule has 0 saturated heterocycles. The number of aryl methyl sites for hydroxylation is 2. The first kappa shape index (κ1) is 15.1. The van der Waals surface area contributed by atoms with Gasteiger partial charge >= 0.3 is 0 Å². The number of fused-ring (bicyclic) bond motifs is 1. The molecular formula is C17H19BrO2S. The average Bonchev–Trinajstić information content (AvgIpc) is 2.77. The molecule has 0 radical (unpaired) electrons. The number of rotatable bonds is 3. The van der Waals surface area contributed by atoms with Crippen molar-refractivity contribution in [1.82, 2.24) is 0 Å². The number of aliphatic hydroxyl groups is 1. The second kappa shape index (κ2) is 6.51. The van der Waals surface area contributed by atoms with Crippen LogP contribution in [0.1, 0.15) is 46.2 Å². The lowest BCUT2D eigenvalue weighted by Gasteiger charge is -2.14. The molecule has 0 spiro atoms. The summed E-state index contributed by atoms with van der Waals surface area (Å²) in [5, 5.41) is 10.8. The summed E-state index contributed by atoms with van der Waals surface area (Å²) in [6.07, 6.45) is 5.53. The van der Waals surface area contributed by atoms with Crippen LogP contribution in [0.3, 0.4) is 0 Å². The van der Waals surface area contributed by atoms with Crippen LogP contribution in [0.4, 0.5) is 0 Å². The van der Waals surface area contributed by atoms with Crippen LogP contribution in [0.25, 0.3) is 0 Å². The largest absolute Gasteiger partial charge is 0.496 e. The van der Waals surface area contributed by atoms with Crippen LogP contribution >= 0.6 is 27.3 Å². The fourth-order valence-corrected chi connectivity index (χ4v) is 4.54. The predicted octanol–water partition coefficient (Wildman–Crippen LogP) is 4.87. The van der Waals surface area contributed by atoms with E-state index in [1.165, 1.54) is 29.7 Å². The van der Waals surface area contributed by atoms with Gasteiger partial charge in [-0.2, -0.15) is 0 Å². The van der Waals surface area contributed by atoms with Crippen molar-refractivity contribution in [2.75, 3.05) is 7.11 Å². The van der Waals surface area contributed by atoms with E-state index in [1.54, 1.807) is 18.4 Å². The molecule has 1 aliphatic carbocycles. The van der Waals surface area contributed by atoms with E-state index in [4.69, 9.17) is 4.74 Å². The standard InChI is InChI=1S/C17H19BrO2S/c1-20-14-8-7-12(18)10-13(14)17(19)16-9-11-5-3-2-4-6-15(11)21-16/h7-10,17,19H,2-6H2,1H3. The Morgan fingerprint density at radius 2 is 2.00 bits per heavy atom. The molecule has 0 amide bonds. The Balaban J connectivity index is 1.95. The normalized spacial score (nSPS) is 16.1. The molecule has 1 aromatic carbocycles. The Hall–Kier alpha value is -0.840.